The molecule has 92 valence electrons. The number of nitrogens with zero attached hydrogens (tertiary/aromatic N) is 1. The number of hydrogen-bond donors (Lipinski definition) is 1. The number of nitro groups is 1. The monoisotopic (exact) mass is 346 g/mol. The minimum Gasteiger partial charge on any atom is -0.379 e. The van der Waals surface area contributed by atoms with E-state index in [-0.39, 0.29) is 10.6 Å². The Balaban J connectivity index is 2.08. The predicted molar refractivity (Wildman–Crippen MR) is 76.2 cm³/mol. The highest BCUT2D eigenvalue weighted by atomic mass is 127. The number of hydrogen-bond acceptors (Lipinski definition) is 3. The van der Waals surface area contributed by atoms with Gasteiger partial charge in [0, 0.05) is 16.2 Å². The van der Waals surface area contributed by atoms with E-state index in [4.69, 9.17) is 0 Å². The van der Waals surface area contributed by atoms with Crippen molar-refractivity contribution in [1.29, 1.82) is 0 Å². The Kier molecular flexibility index (Phi) is 3.29. The second-order valence-corrected chi connectivity index (χ2v) is 6.43. The molecule has 1 aromatic carbocycles. The second kappa shape index (κ2) is 4.44. The molecule has 1 aliphatic rings. The molecule has 1 fully saturated rings. The number of nitrogens with one attached hydrogen (secondary N) is 1. The minimum absolute atomic E-state index is 0.162. The van der Waals surface area contributed by atoms with Gasteiger partial charge >= 0.3 is 0 Å². The van der Waals surface area contributed by atoms with Crippen molar-refractivity contribution in [2.45, 2.75) is 20.3 Å². The van der Waals surface area contributed by atoms with Crippen LogP contribution >= 0.6 is 22.6 Å². The Bertz CT molecular complexity index is 460. The van der Waals surface area contributed by atoms with Crippen LogP contribution in [0, 0.1) is 25.0 Å². The van der Waals surface area contributed by atoms with Crippen molar-refractivity contribution in [1.82, 2.24) is 0 Å². The zero-order valence-corrected chi connectivity index (χ0v) is 12.0. The molecule has 1 aliphatic carbocycles. The molecule has 0 radical (unpaired) electrons. The first-order chi connectivity index (χ1) is 7.90. The summed E-state index contributed by atoms with van der Waals surface area (Å²) in [5.41, 5.74) is 1.18. The van der Waals surface area contributed by atoms with E-state index in [0.29, 0.717) is 17.0 Å². The molecule has 5 heteroatoms. The molecule has 1 unspecified atom stereocenters. The van der Waals surface area contributed by atoms with Gasteiger partial charge in [-0.2, -0.15) is 0 Å². The molecule has 1 atom stereocenters. The van der Waals surface area contributed by atoms with Crippen LogP contribution in [0.15, 0.2) is 18.2 Å². The average Bonchev–Trinajstić information content (AvgIpc) is 2.84. The molecule has 0 saturated heterocycles. The normalized spacial score (nSPS) is 21.0. The van der Waals surface area contributed by atoms with Crippen molar-refractivity contribution in [3.05, 3.63) is 31.9 Å². The SMILES string of the molecule is CC1(C)CC1CNc1ccc(I)cc1[N+](=O)[O-]. The van der Waals surface area contributed by atoms with Crippen LogP contribution in [-0.2, 0) is 0 Å². The fourth-order valence-corrected chi connectivity index (χ4v) is 2.44. The standard InChI is InChI=1S/C12H15IN2O2/c1-12(2)6-8(12)7-14-10-4-3-9(13)5-11(10)15(16)17/h3-5,8,14H,6-7H2,1-2H3. The van der Waals surface area contributed by atoms with Gasteiger partial charge in [-0.05, 0) is 52.5 Å². The second-order valence-electron chi connectivity index (χ2n) is 5.19. The number of halogens is 1. The summed E-state index contributed by atoms with van der Waals surface area (Å²) in [4.78, 5) is 10.6. The highest BCUT2D eigenvalue weighted by Gasteiger charge is 2.45. The van der Waals surface area contributed by atoms with Crippen LogP contribution < -0.4 is 5.32 Å². The molecule has 0 bridgehead atoms. The van der Waals surface area contributed by atoms with Crippen molar-refractivity contribution in [2.75, 3.05) is 11.9 Å². The third-order valence-corrected chi connectivity index (χ3v) is 4.08. The molecular weight excluding hydrogens is 331 g/mol. The quantitative estimate of drug-likeness (QED) is 0.514. The molecule has 17 heavy (non-hydrogen) atoms. The Hall–Kier alpha value is -0.850. The first-order valence-corrected chi connectivity index (χ1v) is 6.66. The summed E-state index contributed by atoms with van der Waals surface area (Å²) in [6.45, 7) is 5.26. The van der Waals surface area contributed by atoms with Crippen molar-refractivity contribution < 1.29 is 4.92 Å². The topological polar surface area (TPSA) is 55.2 Å². The first-order valence-electron chi connectivity index (χ1n) is 5.58. The van der Waals surface area contributed by atoms with Gasteiger partial charge in [-0.15, -0.1) is 0 Å². The Morgan fingerprint density at radius 3 is 2.76 bits per heavy atom. The fourth-order valence-electron chi connectivity index (χ4n) is 1.96. The van der Waals surface area contributed by atoms with Crippen molar-refractivity contribution >= 4 is 34.0 Å². The molecule has 4 nitrogen and oxygen atoms in total. The third-order valence-electron chi connectivity index (χ3n) is 3.41. The maximum absolute atomic E-state index is 10.9. The van der Waals surface area contributed by atoms with Crippen LogP contribution in [0.1, 0.15) is 20.3 Å². The van der Waals surface area contributed by atoms with E-state index in [1.807, 2.05) is 6.07 Å². The van der Waals surface area contributed by atoms with Crippen LogP contribution in [0.2, 0.25) is 0 Å². The van der Waals surface area contributed by atoms with E-state index < -0.39 is 0 Å². The van der Waals surface area contributed by atoms with Crippen LogP contribution in [-0.4, -0.2) is 11.5 Å². The van der Waals surface area contributed by atoms with E-state index in [1.165, 1.54) is 6.42 Å². The van der Waals surface area contributed by atoms with E-state index in [9.17, 15) is 10.1 Å². The largest absolute Gasteiger partial charge is 0.379 e. The molecule has 0 aromatic heterocycles. The van der Waals surface area contributed by atoms with Gasteiger partial charge in [-0.1, -0.05) is 13.8 Å². The summed E-state index contributed by atoms with van der Waals surface area (Å²) in [7, 11) is 0. The van der Waals surface area contributed by atoms with E-state index in [0.717, 1.165) is 10.1 Å². The molecule has 0 amide bonds. The average molecular weight is 346 g/mol. The summed E-state index contributed by atoms with van der Waals surface area (Å²) in [5, 5.41) is 14.1. The van der Waals surface area contributed by atoms with Crippen LogP contribution in [0.5, 0.6) is 0 Å². The van der Waals surface area contributed by atoms with Gasteiger partial charge in [0.15, 0.2) is 0 Å². The lowest BCUT2D eigenvalue weighted by molar-refractivity contribution is -0.384. The minimum atomic E-state index is -0.331. The lowest BCUT2D eigenvalue weighted by Crippen LogP contribution is -2.08. The molecule has 0 heterocycles. The smallest absolute Gasteiger partial charge is 0.293 e. The highest BCUT2D eigenvalue weighted by molar-refractivity contribution is 14.1. The van der Waals surface area contributed by atoms with Crippen LogP contribution in [0.25, 0.3) is 0 Å². The van der Waals surface area contributed by atoms with E-state index >= 15 is 0 Å². The van der Waals surface area contributed by atoms with Gasteiger partial charge in [0.25, 0.3) is 5.69 Å². The number of nitro benzene ring substituents is 1. The van der Waals surface area contributed by atoms with E-state index in [2.05, 4.69) is 41.8 Å². The third kappa shape index (κ3) is 2.88. The fraction of sp³-hybridized carbons (Fsp3) is 0.500. The van der Waals surface area contributed by atoms with Gasteiger partial charge in [-0.25, -0.2) is 0 Å². The van der Waals surface area contributed by atoms with Crippen LogP contribution in [0.3, 0.4) is 0 Å². The Labute approximate surface area is 114 Å². The van der Waals surface area contributed by atoms with Crippen molar-refractivity contribution in [3.8, 4) is 0 Å². The Morgan fingerprint density at radius 2 is 2.24 bits per heavy atom. The first kappa shape index (κ1) is 12.6. The Morgan fingerprint density at radius 1 is 1.59 bits per heavy atom. The molecule has 2 rings (SSSR count). The summed E-state index contributed by atoms with van der Waals surface area (Å²) in [6, 6.07) is 5.27. The molecule has 1 N–H and O–H groups in total. The predicted octanol–water partition coefficient (Wildman–Crippen LogP) is 3.66. The zero-order chi connectivity index (χ0) is 12.6. The highest BCUT2D eigenvalue weighted by Crippen LogP contribution is 2.51. The van der Waals surface area contributed by atoms with Gasteiger partial charge in [-0.3, -0.25) is 10.1 Å². The molecule has 0 spiro atoms. The van der Waals surface area contributed by atoms with Gasteiger partial charge in [0.05, 0.1) is 4.92 Å². The van der Waals surface area contributed by atoms with Gasteiger partial charge in [0.1, 0.15) is 5.69 Å². The molecule has 1 aromatic rings. The van der Waals surface area contributed by atoms with Gasteiger partial charge in [0.2, 0.25) is 0 Å². The van der Waals surface area contributed by atoms with Crippen molar-refractivity contribution in [2.24, 2.45) is 11.3 Å². The number of anilines is 1. The summed E-state index contributed by atoms with van der Waals surface area (Å²) >= 11 is 2.08. The van der Waals surface area contributed by atoms with Crippen LogP contribution in [0.4, 0.5) is 11.4 Å². The molecular formula is C12H15IN2O2. The lowest BCUT2D eigenvalue weighted by atomic mass is 10.1. The summed E-state index contributed by atoms with van der Waals surface area (Å²) < 4.78 is 0.881. The summed E-state index contributed by atoms with van der Waals surface area (Å²) in [5.74, 6) is 0.626. The lowest BCUT2D eigenvalue weighted by Gasteiger charge is -2.08. The number of benzene rings is 1. The maximum Gasteiger partial charge on any atom is 0.293 e. The molecule has 1 saturated carbocycles. The van der Waals surface area contributed by atoms with Crippen molar-refractivity contribution in [3.63, 3.8) is 0 Å². The summed E-state index contributed by atoms with van der Waals surface area (Å²) in [6.07, 6.45) is 1.19. The zero-order valence-electron chi connectivity index (χ0n) is 9.87. The molecule has 0 aliphatic heterocycles. The maximum atomic E-state index is 10.9. The van der Waals surface area contributed by atoms with Gasteiger partial charge < -0.3 is 5.32 Å². The number of rotatable bonds is 4. The van der Waals surface area contributed by atoms with E-state index in [1.54, 1.807) is 12.1 Å².